The molecule has 8 nitrogen and oxygen atoms in total. The van der Waals surface area contributed by atoms with Crippen LogP contribution < -0.4 is 10.8 Å². The van der Waals surface area contributed by atoms with Crippen LogP contribution in [0.25, 0.3) is 0 Å². The number of nitrogens with one attached hydrogen (secondary N) is 1. The molecule has 0 spiro atoms. The van der Waals surface area contributed by atoms with E-state index in [2.05, 4.69) is 0 Å². The average molecular weight is 377 g/mol. The van der Waals surface area contributed by atoms with Crippen LogP contribution in [0.15, 0.2) is 52.2 Å². The Kier molecular flexibility index (Phi) is 4.20. The topological polar surface area (TPSA) is 107 Å². The summed E-state index contributed by atoms with van der Waals surface area (Å²) >= 11 is 0. The van der Waals surface area contributed by atoms with Crippen molar-refractivity contribution in [1.82, 2.24) is 8.87 Å². The number of hydrogen-bond donors (Lipinski definition) is 2. The zero-order valence-electron chi connectivity index (χ0n) is 13.9. The molecule has 2 bridgehead atoms. The molecule has 2 N–H and O–H groups in total. The average Bonchev–Trinajstić information content (AvgIpc) is 2.62. The lowest BCUT2D eigenvalue weighted by atomic mass is 9.84. The molecule has 1 saturated heterocycles. The molecule has 0 saturated carbocycles. The van der Waals surface area contributed by atoms with Gasteiger partial charge in [0.25, 0.3) is 5.56 Å². The lowest BCUT2D eigenvalue weighted by Gasteiger charge is -2.42. The molecule has 0 aliphatic carbocycles. The summed E-state index contributed by atoms with van der Waals surface area (Å²) in [6.45, 7) is 1.13. The summed E-state index contributed by atoms with van der Waals surface area (Å²) < 4.78 is 29.2. The fourth-order valence-corrected chi connectivity index (χ4v) is 5.60. The molecule has 2 aliphatic rings. The standard InChI is InChI=1S/C17H19N3O5S/c21-17-6-2-5-16-13-7-12(10-19(16)17)9-18(11-13)26(24,25)15-4-1-3-14(8-15)20(22)23/h1-6,8,12-13,20,22H,7,9-11H2. The molecule has 3 unspecified atom stereocenters. The minimum absolute atomic E-state index is 0.0113. The Bertz CT molecular complexity index is 1000. The first-order valence-electron chi connectivity index (χ1n) is 8.39. The van der Waals surface area contributed by atoms with E-state index in [1.54, 1.807) is 10.6 Å². The lowest BCUT2D eigenvalue weighted by molar-refractivity contribution is -0.991. The number of fused-ring (bicyclic) bond motifs is 4. The van der Waals surface area contributed by atoms with Crippen LogP contribution in [0.4, 0.5) is 5.69 Å². The third kappa shape index (κ3) is 2.87. The Balaban J connectivity index is 1.68. The van der Waals surface area contributed by atoms with Gasteiger partial charge in [-0.1, -0.05) is 12.1 Å². The molecule has 2 aromatic rings. The van der Waals surface area contributed by atoms with Crippen molar-refractivity contribution < 1.29 is 18.9 Å². The van der Waals surface area contributed by atoms with Crippen LogP contribution in [-0.4, -0.2) is 35.6 Å². The normalized spacial score (nSPS) is 24.1. The van der Waals surface area contributed by atoms with Crippen LogP contribution in [-0.2, 0) is 16.6 Å². The molecular weight excluding hydrogens is 358 g/mol. The van der Waals surface area contributed by atoms with Gasteiger partial charge in [0.2, 0.25) is 10.0 Å². The summed E-state index contributed by atoms with van der Waals surface area (Å²) in [5.74, 6) is 0.0348. The minimum atomic E-state index is -3.79. The van der Waals surface area contributed by atoms with Gasteiger partial charge >= 0.3 is 0 Å². The van der Waals surface area contributed by atoms with Gasteiger partial charge < -0.3 is 9.77 Å². The second-order valence-corrected chi connectivity index (χ2v) is 8.79. The number of sulfonamides is 1. The van der Waals surface area contributed by atoms with E-state index in [0.29, 0.717) is 19.6 Å². The maximum Gasteiger partial charge on any atom is 0.250 e. The molecule has 3 atom stereocenters. The second-order valence-electron chi connectivity index (χ2n) is 6.85. The van der Waals surface area contributed by atoms with Gasteiger partial charge in [0, 0.05) is 49.4 Å². The van der Waals surface area contributed by atoms with Gasteiger partial charge in [0.1, 0.15) is 0 Å². The van der Waals surface area contributed by atoms with Crippen molar-refractivity contribution in [3.63, 3.8) is 0 Å². The van der Waals surface area contributed by atoms with E-state index in [9.17, 15) is 18.4 Å². The van der Waals surface area contributed by atoms with E-state index in [1.807, 2.05) is 6.07 Å². The van der Waals surface area contributed by atoms with Crippen LogP contribution >= 0.6 is 0 Å². The number of pyridine rings is 1. The van der Waals surface area contributed by atoms with Gasteiger partial charge in [0.05, 0.1) is 4.90 Å². The zero-order chi connectivity index (χ0) is 18.5. The maximum absolute atomic E-state index is 13.0. The maximum atomic E-state index is 13.0. The summed E-state index contributed by atoms with van der Waals surface area (Å²) in [7, 11) is -3.79. The molecular formula is C17H19N3O5S. The highest BCUT2D eigenvalue weighted by Crippen LogP contribution is 2.37. The quantitative estimate of drug-likeness (QED) is 0.736. The number of hydrogen-bond acceptors (Lipinski definition) is 5. The Hall–Kier alpha value is -2.04. The largest absolute Gasteiger partial charge is 0.595 e. The smallest absolute Gasteiger partial charge is 0.250 e. The SMILES string of the molecule is O=c1cccc2n1CC1CC2CN(S(=O)(=O)c2cccc([NH+]([O-])O)c2)C1. The molecule has 138 valence electrons. The van der Waals surface area contributed by atoms with Gasteiger partial charge in [-0.05, 0) is 24.5 Å². The summed E-state index contributed by atoms with van der Waals surface area (Å²) in [6, 6.07) is 10.5. The highest BCUT2D eigenvalue weighted by molar-refractivity contribution is 7.89. The Morgan fingerprint density at radius 1 is 1.12 bits per heavy atom. The molecule has 1 aromatic carbocycles. The Morgan fingerprint density at radius 3 is 2.65 bits per heavy atom. The number of piperidine rings is 1. The van der Waals surface area contributed by atoms with E-state index in [-0.39, 0.29) is 28.0 Å². The summed E-state index contributed by atoms with van der Waals surface area (Å²) in [6.07, 6.45) is 0.852. The first kappa shape index (κ1) is 17.4. The van der Waals surface area contributed by atoms with Crippen LogP contribution in [0.2, 0.25) is 0 Å². The highest BCUT2D eigenvalue weighted by atomic mass is 32.2. The van der Waals surface area contributed by atoms with Crippen molar-refractivity contribution >= 4 is 15.7 Å². The molecule has 9 heteroatoms. The van der Waals surface area contributed by atoms with Crippen LogP contribution in [0, 0.1) is 11.1 Å². The van der Waals surface area contributed by atoms with Crippen molar-refractivity contribution in [2.45, 2.75) is 23.8 Å². The van der Waals surface area contributed by atoms with Crippen molar-refractivity contribution in [3.8, 4) is 0 Å². The van der Waals surface area contributed by atoms with E-state index in [0.717, 1.165) is 12.1 Å². The predicted molar refractivity (Wildman–Crippen MR) is 92.5 cm³/mol. The van der Waals surface area contributed by atoms with Crippen molar-refractivity contribution in [1.29, 1.82) is 0 Å². The van der Waals surface area contributed by atoms with E-state index < -0.39 is 15.2 Å². The zero-order valence-corrected chi connectivity index (χ0v) is 14.7. The molecule has 0 radical (unpaired) electrons. The Labute approximate surface area is 150 Å². The van der Waals surface area contributed by atoms with Gasteiger partial charge in [-0.3, -0.25) is 4.79 Å². The molecule has 4 rings (SSSR count). The molecule has 26 heavy (non-hydrogen) atoms. The Morgan fingerprint density at radius 2 is 1.88 bits per heavy atom. The second kappa shape index (κ2) is 6.29. The molecule has 0 amide bonds. The summed E-state index contributed by atoms with van der Waals surface area (Å²) in [5, 5.41) is 19.1. The minimum Gasteiger partial charge on any atom is -0.595 e. The lowest BCUT2D eigenvalue weighted by Crippen LogP contribution is -2.99. The van der Waals surface area contributed by atoms with Crippen LogP contribution in [0.3, 0.4) is 0 Å². The molecule has 1 fully saturated rings. The fraction of sp³-hybridized carbons (Fsp3) is 0.353. The van der Waals surface area contributed by atoms with Crippen molar-refractivity contribution in [2.75, 3.05) is 13.1 Å². The first-order chi connectivity index (χ1) is 12.4. The monoisotopic (exact) mass is 377 g/mol. The van der Waals surface area contributed by atoms with Crippen LogP contribution in [0.5, 0.6) is 0 Å². The third-order valence-electron chi connectivity index (χ3n) is 5.17. The summed E-state index contributed by atoms with van der Waals surface area (Å²) in [4.78, 5) is 12.1. The first-order valence-corrected chi connectivity index (χ1v) is 9.83. The van der Waals surface area contributed by atoms with Crippen molar-refractivity contribution in [2.24, 2.45) is 5.92 Å². The number of aromatic nitrogens is 1. The van der Waals surface area contributed by atoms with Gasteiger partial charge in [-0.25, -0.2) is 13.6 Å². The van der Waals surface area contributed by atoms with Gasteiger partial charge in [0.15, 0.2) is 5.69 Å². The van der Waals surface area contributed by atoms with E-state index >= 15 is 0 Å². The number of quaternary nitrogens is 1. The van der Waals surface area contributed by atoms with E-state index in [1.165, 1.54) is 34.6 Å². The van der Waals surface area contributed by atoms with Gasteiger partial charge in [-0.15, -0.1) is 0 Å². The number of nitrogens with zero attached hydrogens (tertiary/aromatic N) is 2. The highest BCUT2D eigenvalue weighted by Gasteiger charge is 2.39. The predicted octanol–water partition coefficient (Wildman–Crippen LogP) is 0.0597. The fourth-order valence-electron chi connectivity index (χ4n) is 3.99. The molecule has 1 aromatic heterocycles. The number of benzene rings is 1. The van der Waals surface area contributed by atoms with E-state index in [4.69, 9.17) is 5.21 Å². The summed E-state index contributed by atoms with van der Waals surface area (Å²) in [5.41, 5.74) is 0.760. The van der Waals surface area contributed by atoms with Crippen molar-refractivity contribution in [3.05, 3.63) is 63.7 Å². The van der Waals surface area contributed by atoms with Crippen LogP contribution in [0.1, 0.15) is 18.0 Å². The molecule has 3 heterocycles. The van der Waals surface area contributed by atoms with Gasteiger partial charge in [-0.2, -0.15) is 9.53 Å². The molecule has 2 aliphatic heterocycles. The third-order valence-corrected chi connectivity index (χ3v) is 6.99. The number of rotatable bonds is 3.